The third-order valence-electron chi connectivity index (χ3n) is 3.31. The molecule has 0 saturated carbocycles. The van der Waals surface area contributed by atoms with Crippen LogP contribution in [0.3, 0.4) is 0 Å². The smallest absolute Gasteiger partial charge is 0.345 e. The number of rotatable bonds is 3. The predicted octanol–water partition coefficient (Wildman–Crippen LogP) is 3.75. The van der Waals surface area contributed by atoms with Crippen LogP contribution in [0.2, 0.25) is 0 Å². The molecule has 0 aliphatic rings. The average Bonchev–Trinajstić information content (AvgIpc) is 2.90. The van der Waals surface area contributed by atoms with E-state index in [4.69, 9.17) is 5.11 Å². The highest BCUT2D eigenvalue weighted by molar-refractivity contribution is 7.17. The van der Waals surface area contributed by atoms with E-state index in [2.05, 4.69) is 15.3 Å². The summed E-state index contributed by atoms with van der Waals surface area (Å²) >= 11 is 1.18. The number of aromatic nitrogens is 2. The molecule has 21 heavy (non-hydrogen) atoms. The van der Waals surface area contributed by atoms with E-state index in [0.717, 1.165) is 21.5 Å². The topological polar surface area (TPSA) is 75.1 Å². The highest BCUT2D eigenvalue weighted by Crippen LogP contribution is 2.29. The maximum absolute atomic E-state index is 10.9. The summed E-state index contributed by atoms with van der Waals surface area (Å²) in [5.74, 6) is -0.242. The van der Waals surface area contributed by atoms with Gasteiger partial charge in [0.1, 0.15) is 17.0 Å². The van der Waals surface area contributed by atoms with Gasteiger partial charge in [-0.3, -0.25) is 0 Å². The number of anilines is 2. The molecule has 0 fully saturated rings. The van der Waals surface area contributed by atoms with Crippen molar-refractivity contribution >= 4 is 39.0 Å². The third-order valence-corrected chi connectivity index (χ3v) is 4.30. The lowest BCUT2D eigenvalue weighted by Crippen LogP contribution is -1.95. The number of carboxylic acid groups (broad SMARTS) is 1. The van der Waals surface area contributed by atoms with Crippen molar-refractivity contribution in [3.8, 4) is 0 Å². The Kier molecular flexibility index (Phi) is 3.31. The van der Waals surface area contributed by atoms with Crippen molar-refractivity contribution in [2.75, 3.05) is 5.32 Å². The highest BCUT2D eigenvalue weighted by Gasteiger charge is 2.10. The number of aromatic carboxylic acids is 1. The van der Waals surface area contributed by atoms with Crippen LogP contribution in [0, 0.1) is 13.8 Å². The van der Waals surface area contributed by atoms with E-state index in [1.54, 1.807) is 12.1 Å². The summed E-state index contributed by atoms with van der Waals surface area (Å²) in [6.45, 7) is 4.08. The molecule has 3 rings (SSSR count). The molecule has 0 aliphatic heterocycles. The molecule has 6 heteroatoms. The molecule has 0 unspecified atom stereocenters. The molecule has 106 valence electrons. The van der Waals surface area contributed by atoms with Gasteiger partial charge in [0, 0.05) is 5.39 Å². The minimum absolute atomic E-state index is 0.294. The number of nitrogens with one attached hydrogen (secondary N) is 1. The van der Waals surface area contributed by atoms with E-state index in [9.17, 15) is 4.79 Å². The Labute approximate surface area is 125 Å². The molecule has 2 heterocycles. The van der Waals surface area contributed by atoms with Crippen molar-refractivity contribution in [3.63, 3.8) is 0 Å². The Balaban J connectivity index is 2.03. The Morgan fingerprint density at radius 1 is 1.19 bits per heavy atom. The molecule has 2 aromatic heterocycles. The second kappa shape index (κ2) is 5.14. The van der Waals surface area contributed by atoms with E-state index >= 15 is 0 Å². The van der Waals surface area contributed by atoms with Gasteiger partial charge in [0.05, 0.1) is 10.5 Å². The van der Waals surface area contributed by atoms with Crippen LogP contribution < -0.4 is 5.32 Å². The van der Waals surface area contributed by atoms with Gasteiger partial charge in [-0.2, -0.15) is 0 Å². The minimum atomic E-state index is -0.924. The molecular weight excluding hydrogens is 286 g/mol. The molecule has 0 amide bonds. The Morgan fingerprint density at radius 3 is 2.67 bits per heavy atom. The number of nitrogens with zero attached hydrogens (tertiary/aromatic N) is 2. The first-order valence-electron chi connectivity index (χ1n) is 6.36. The Morgan fingerprint density at radius 2 is 1.95 bits per heavy atom. The zero-order valence-corrected chi connectivity index (χ0v) is 12.4. The summed E-state index contributed by atoms with van der Waals surface area (Å²) in [7, 11) is 0. The van der Waals surface area contributed by atoms with Crippen molar-refractivity contribution in [1.29, 1.82) is 0 Å². The molecule has 0 aliphatic carbocycles. The zero-order valence-electron chi connectivity index (χ0n) is 11.5. The summed E-state index contributed by atoms with van der Waals surface area (Å²) in [6, 6.07) is 7.38. The molecule has 0 bridgehead atoms. The lowest BCUT2D eigenvalue weighted by atomic mass is 10.1. The van der Waals surface area contributed by atoms with E-state index < -0.39 is 5.97 Å². The number of aryl methyl sites for hydroxylation is 2. The molecule has 3 aromatic rings. The van der Waals surface area contributed by atoms with E-state index in [-0.39, 0.29) is 0 Å². The molecule has 1 aromatic carbocycles. The maximum Gasteiger partial charge on any atom is 0.345 e. The molecule has 0 saturated heterocycles. The quantitative estimate of drug-likeness (QED) is 0.770. The van der Waals surface area contributed by atoms with Gasteiger partial charge < -0.3 is 10.4 Å². The number of benzene rings is 1. The van der Waals surface area contributed by atoms with Gasteiger partial charge in [-0.1, -0.05) is 0 Å². The molecule has 0 atom stereocenters. The summed E-state index contributed by atoms with van der Waals surface area (Å²) in [4.78, 5) is 19.8. The predicted molar refractivity (Wildman–Crippen MR) is 83.6 cm³/mol. The van der Waals surface area contributed by atoms with Gasteiger partial charge in [-0.25, -0.2) is 14.8 Å². The van der Waals surface area contributed by atoms with E-state index in [1.807, 2.05) is 26.0 Å². The highest BCUT2D eigenvalue weighted by atomic mass is 32.1. The van der Waals surface area contributed by atoms with E-state index in [1.165, 1.54) is 23.2 Å². The van der Waals surface area contributed by atoms with Crippen LogP contribution >= 0.6 is 11.3 Å². The second-order valence-electron chi connectivity index (χ2n) is 4.77. The molecule has 0 spiro atoms. The summed E-state index contributed by atoms with van der Waals surface area (Å²) in [5, 5.41) is 13.8. The van der Waals surface area contributed by atoms with Crippen LogP contribution in [0.25, 0.3) is 10.9 Å². The maximum atomic E-state index is 10.9. The monoisotopic (exact) mass is 299 g/mol. The van der Waals surface area contributed by atoms with Gasteiger partial charge in [0.15, 0.2) is 0 Å². The number of carboxylic acids is 1. The fraction of sp³-hybridized carbons (Fsp3) is 0.133. The summed E-state index contributed by atoms with van der Waals surface area (Å²) in [5.41, 5.74) is 3.21. The van der Waals surface area contributed by atoms with Crippen LogP contribution in [0.1, 0.15) is 20.8 Å². The summed E-state index contributed by atoms with van der Waals surface area (Å²) < 4.78 is 0. The first-order valence-corrected chi connectivity index (χ1v) is 7.18. The summed E-state index contributed by atoms with van der Waals surface area (Å²) in [6.07, 6.45) is 1.51. The van der Waals surface area contributed by atoms with Gasteiger partial charge in [-0.15, -0.1) is 11.3 Å². The molecule has 2 N–H and O–H groups in total. The first kappa shape index (κ1) is 13.5. The van der Waals surface area contributed by atoms with Crippen LogP contribution in [0.15, 0.2) is 30.6 Å². The van der Waals surface area contributed by atoms with Crippen molar-refractivity contribution in [1.82, 2.24) is 9.97 Å². The SMILES string of the molecule is Cc1cc2ncnc(Nc3ccc(C(=O)O)s3)c2cc1C. The lowest BCUT2D eigenvalue weighted by Gasteiger charge is -2.08. The average molecular weight is 299 g/mol. The largest absolute Gasteiger partial charge is 0.477 e. The number of hydrogen-bond donors (Lipinski definition) is 2. The molecular formula is C15H13N3O2S. The Hall–Kier alpha value is -2.47. The minimum Gasteiger partial charge on any atom is -0.477 e. The van der Waals surface area contributed by atoms with Crippen molar-refractivity contribution in [2.24, 2.45) is 0 Å². The van der Waals surface area contributed by atoms with Crippen LogP contribution in [0.4, 0.5) is 10.8 Å². The normalized spacial score (nSPS) is 10.8. The molecule has 0 radical (unpaired) electrons. The zero-order chi connectivity index (χ0) is 15.0. The van der Waals surface area contributed by atoms with E-state index in [0.29, 0.717) is 10.7 Å². The van der Waals surface area contributed by atoms with Crippen LogP contribution in [0.5, 0.6) is 0 Å². The van der Waals surface area contributed by atoms with Gasteiger partial charge in [0.2, 0.25) is 0 Å². The second-order valence-corrected chi connectivity index (χ2v) is 5.85. The fourth-order valence-electron chi connectivity index (χ4n) is 2.05. The van der Waals surface area contributed by atoms with Crippen molar-refractivity contribution in [2.45, 2.75) is 13.8 Å². The number of hydrogen-bond acceptors (Lipinski definition) is 5. The van der Waals surface area contributed by atoms with Gasteiger partial charge in [0.25, 0.3) is 0 Å². The number of thiophene rings is 1. The fourth-order valence-corrected chi connectivity index (χ4v) is 2.80. The number of carbonyl (C=O) groups is 1. The van der Waals surface area contributed by atoms with Crippen LogP contribution in [-0.4, -0.2) is 21.0 Å². The van der Waals surface area contributed by atoms with Crippen molar-refractivity contribution < 1.29 is 9.90 Å². The lowest BCUT2D eigenvalue weighted by molar-refractivity contribution is 0.0702. The third kappa shape index (κ3) is 2.57. The first-order chi connectivity index (χ1) is 10.0. The van der Waals surface area contributed by atoms with Crippen molar-refractivity contribution in [3.05, 3.63) is 46.6 Å². The standard InChI is InChI=1S/C15H13N3O2S/c1-8-5-10-11(6-9(8)2)16-7-17-14(10)18-13-4-3-12(21-13)15(19)20/h3-7H,1-2H3,(H,19,20)(H,16,17,18). The number of fused-ring (bicyclic) bond motifs is 1. The molecule has 5 nitrogen and oxygen atoms in total. The van der Waals surface area contributed by atoms with Gasteiger partial charge >= 0.3 is 5.97 Å². The van der Waals surface area contributed by atoms with Crippen LogP contribution in [-0.2, 0) is 0 Å². The Bertz CT molecular complexity index is 842. The van der Waals surface area contributed by atoms with Gasteiger partial charge in [-0.05, 0) is 49.2 Å².